The molecule has 1 rings (SSSR count). The van der Waals surface area contributed by atoms with Crippen LogP contribution in [-0.2, 0) is 9.47 Å². The van der Waals surface area contributed by atoms with Crippen LogP contribution < -0.4 is 10.1 Å². The topological polar surface area (TPSA) is 60.0 Å². The summed E-state index contributed by atoms with van der Waals surface area (Å²) in [5.41, 5.74) is 0.626. The number of methoxy groups -OCH3 is 1. The lowest BCUT2D eigenvalue weighted by molar-refractivity contribution is -0.00734. The molecule has 5 nitrogen and oxygen atoms in total. The number of halogens is 1. The number of benzene rings is 1. The smallest absolute Gasteiger partial charge is 0.144 e. The van der Waals surface area contributed by atoms with Gasteiger partial charge in [0.1, 0.15) is 11.6 Å². The zero-order chi connectivity index (χ0) is 15.7. The molecule has 1 atom stereocenters. The Labute approximate surface area is 125 Å². The lowest BCUT2D eigenvalue weighted by Crippen LogP contribution is -2.26. The fourth-order valence-electron chi connectivity index (χ4n) is 1.66. The van der Waals surface area contributed by atoms with Gasteiger partial charge in [-0.3, -0.25) is 0 Å². The summed E-state index contributed by atoms with van der Waals surface area (Å²) in [6, 6.07) is 4.18. The molecule has 0 saturated heterocycles. The number of ether oxygens (including phenoxy) is 3. The van der Waals surface area contributed by atoms with E-state index in [0.717, 1.165) is 0 Å². The molecule has 0 fully saturated rings. The quantitative estimate of drug-likeness (QED) is 0.648. The van der Waals surface area contributed by atoms with E-state index in [2.05, 4.69) is 5.32 Å². The Morgan fingerprint density at radius 1 is 1.29 bits per heavy atom. The van der Waals surface area contributed by atoms with Gasteiger partial charge >= 0.3 is 0 Å². The van der Waals surface area contributed by atoms with Gasteiger partial charge in [-0.15, -0.1) is 0 Å². The van der Waals surface area contributed by atoms with Crippen molar-refractivity contribution >= 4 is 5.69 Å². The number of rotatable bonds is 10. The molecular weight excluding hydrogens is 277 g/mol. The summed E-state index contributed by atoms with van der Waals surface area (Å²) in [7, 11) is 1.47. The maximum Gasteiger partial charge on any atom is 0.144 e. The van der Waals surface area contributed by atoms with E-state index in [9.17, 15) is 9.50 Å². The van der Waals surface area contributed by atoms with E-state index in [1.807, 2.05) is 13.8 Å². The molecular formula is C15H24FNO4. The number of anilines is 1. The van der Waals surface area contributed by atoms with Crippen LogP contribution in [0.2, 0.25) is 0 Å². The largest absolute Gasteiger partial charge is 0.494 e. The summed E-state index contributed by atoms with van der Waals surface area (Å²) in [5, 5.41) is 12.8. The summed E-state index contributed by atoms with van der Waals surface area (Å²) >= 11 is 0. The van der Waals surface area contributed by atoms with Crippen molar-refractivity contribution in [2.75, 3.05) is 38.8 Å². The second kappa shape index (κ2) is 9.55. The standard InChI is InChI=1S/C15H24FNO4/c1-11(2)21-7-6-20-10-13(18)9-17-14-5-4-12(16)8-15(14)19-3/h4-5,8,11,13,17-18H,6-7,9-10H2,1-3H3. The minimum absolute atomic E-state index is 0.172. The first-order chi connectivity index (χ1) is 10.0. The zero-order valence-electron chi connectivity index (χ0n) is 12.8. The van der Waals surface area contributed by atoms with Crippen LogP contribution in [-0.4, -0.2) is 50.8 Å². The Kier molecular flexibility index (Phi) is 8.04. The first-order valence-corrected chi connectivity index (χ1v) is 6.97. The second-order valence-electron chi connectivity index (χ2n) is 4.87. The Morgan fingerprint density at radius 3 is 2.71 bits per heavy atom. The van der Waals surface area contributed by atoms with Gasteiger partial charge in [0.2, 0.25) is 0 Å². The fraction of sp³-hybridized carbons (Fsp3) is 0.600. The molecule has 0 spiro atoms. The van der Waals surface area contributed by atoms with Gasteiger partial charge in [-0.25, -0.2) is 4.39 Å². The highest BCUT2D eigenvalue weighted by atomic mass is 19.1. The van der Waals surface area contributed by atoms with Gasteiger partial charge in [0.25, 0.3) is 0 Å². The predicted molar refractivity (Wildman–Crippen MR) is 79.4 cm³/mol. The number of aliphatic hydroxyl groups excluding tert-OH is 1. The third kappa shape index (κ3) is 7.27. The van der Waals surface area contributed by atoms with Crippen LogP contribution in [0.5, 0.6) is 5.75 Å². The average Bonchev–Trinajstić information content (AvgIpc) is 2.45. The molecule has 0 aliphatic heterocycles. The minimum atomic E-state index is -0.668. The molecule has 0 saturated carbocycles. The maximum atomic E-state index is 13.0. The van der Waals surface area contributed by atoms with E-state index in [4.69, 9.17) is 14.2 Å². The van der Waals surface area contributed by atoms with Gasteiger partial charge in [0, 0.05) is 12.6 Å². The molecule has 0 bridgehead atoms. The first kappa shape index (κ1) is 17.7. The molecule has 0 aromatic heterocycles. The van der Waals surface area contributed by atoms with Gasteiger partial charge < -0.3 is 24.6 Å². The Bertz CT molecular complexity index is 415. The van der Waals surface area contributed by atoms with Crippen molar-refractivity contribution in [3.8, 4) is 5.75 Å². The molecule has 2 N–H and O–H groups in total. The Balaban J connectivity index is 2.25. The zero-order valence-corrected chi connectivity index (χ0v) is 12.8. The van der Waals surface area contributed by atoms with Crippen LogP contribution in [0.15, 0.2) is 18.2 Å². The van der Waals surface area contributed by atoms with Gasteiger partial charge in [-0.2, -0.15) is 0 Å². The molecule has 0 amide bonds. The van der Waals surface area contributed by atoms with Crippen molar-refractivity contribution in [2.24, 2.45) is 0 Å². The van der Waals surface area contributed by atoms with E-state index < -0.39 is 6.10 Å². The number of aliphatic hydroxyl groups is 1. The molecule has 21 heavy (non-hydrogen) atoms. The van der Waals surface area contributed by atoms with Crippen LogP contribution >= 0.6 is 0 Å². The van der Waals surface area contributed by atoms with Gasteiger partial charge in [-0.1, -0.05) is 0 Å². The molecule has 6 heteroatoms. The third-order valence-corrected chi connectivity index (χ3v) is 2.68. The van der Waals surface area contributed by atoms with Crippen molar-refractivity contribution in [3.05, 3.63) is 24.0 Å². The van der Waals surface area contributed by atoms with Gasteiger partial charge in [-0.05, 0) is 26.0 Å². The van der Waals surface area contributed by atoms with E-state index >= 15 is 0 Å². The molecule has 0 heterocycles. The normalized spacial score (nSPS) is 12.5. The van der Waals surface area contributed by atoms with Crippen molar-refractivity contribution in [2.45, 2.75) is 26.1 Å². The summed E-state index contributed by atoms with van der Waals surface area (Å²) in [4.78, 5) is 0. The predicted octanol–water partition coefficient (Wildman–Crippen LogP) is 2.05. The monoisotopic (exact) mass is 301 g/mol. The maximum absolute atomic E-state index is 13.0. The van der Waals surface area contributed by atoms with Crippen molar-refractivity contribution in [3.63, 3.8) is 0 Å². The van der Waals surface area contributed by atoms with Crippen LogP contribution in [0.3, 0.4) is 0 Å². The fourth-order valence-corrected chi connectivity index (χ4v) is 1.66. The SMILES string of the molecule is COc1cc(F)ccc1NCC(O)COCCOC(C)C. The van der Waals surface area contributed by atoms with Crippen LogP contribution in [0.1, 0.15) is 13.8 Å². The molecule has 0 radical (unpaired) electrons. The third-order valence-electron chi connectivity index (χ3n) is 2.68. The summed E-state index contributed by atoms with van der Waals surface area (Å²) in [6.07, 6.45) is -0.495. The number of nitrogens with one attached hydrogen (secondary N) is 1. The van der Waals surface area contributed by atoms with E-state index in [0.29, 0.717) is 24.7 Å². The van der Waals surface area contributed by atoms with Crippen molar-refractivity contribution in [1.29, 1.82) is 0 Å². The minimum Gasteiger partial charge on any atom is -0.494 e. The Morgan fingerprint density at radius 2 is 2.05 bits per heavy atom. The lowest BCUT2D eigenvalue weighted by Gasteiger charge is -2.15. The summed E-state index contributed by atoms with van der Waals surface area (Å²) in [6.45, 7) is 5.34. The van der Waals surface area contributed by atoms with E-state index in [-0.39, 0.29) is 25.1 Å². The molecule has 120 valence electrons. The van der Waals surface area contributed by atoms with E-state index in [1.165, 1.54) is 19.2 Å². The van der Waals surface area contributed by atoms with Crippen LogP contribution in [0.4, 0.5) is 10.1 Å². The van der Waals surface area contributed by atoms with Gasteiger partial charge in [0.05, 0.1) is 44.8 Å². The molecule has 1 aromatic carbocycles. The van der Waals surface area contributed by atoms with Crippen molar-refractivity contribution in [1.82, 2.24) is 0 Å². The highest BCUT2D eigenvalue weighted by Crippen LogP contribution is 2.24. The lowest BCUT2D eigenvalue weighted by atomic mass is 10.2. The highest BCUT2D eigenvalue weighted by Gasteiger charge is 2.08. The average molecular weight is 301 g/mol. The highest BCUT2D eigenvalue weighted by molar-refractivity contribution is 5.56. The number of hydrogen-bond donors (Lipinski definition) is 2. The van der Waals surface area contributed by atoms with Crippen molar-refractivity contribution < 1.29 is 23.7 Å². The van der Waals surface area contributed by atoms with Gasteiger partial charge in [0.15, 0.2) is 0 Å². The Hall–Kier alpha value is -1.37. The van der Waals surface area contributed by atoms with Crippen LogP contribution in [0, 0.1) is 5.82 Å². The molecule has 0 aliphatic carbocycles. The molecule has 1 unspecified atom stereocenters. The summed E-state index contributed by atoms with van der Waals surface area (Å²) < 4.78 is 28.7. The second-order valence-corrected chi connectivity index (χ2v) is 4.87. The molecule has 1 aromatic rings. The number of hydrogen-bond acceptors (Lipinski definition) is 5. The van der Waals surface area contributed by atoms with E-state index in [1.54, 1.807) is 6.07 Å². The first-order valence-electron chi connectivity index (χ1n) is 6.97. The molecule has 0 aliphatic rings. The summed E-state index contributed by atoms with van der Waals surface area (Å²) in [5.74, 6) is 0.0277. The van der Waals surface area contributed by atoms with Crippen LogP contribution in [0.25, 0.3) is 0 Å².